The highest BCUT2D eigenvalue weighted by Gasteiger charge is 2.16. The van der Waals surface area contributed by atoms with Crippen molar-refractivity contribution >= 4 is 46.0 Å². The summed E-state index contributed by atoms with van der Waals surface area (Å²) in [5.41, 5.74) is 1.20. The molecule has 1 heterocycles. The zero-order valence-corrected chi connectivity index (χ0v) is 14.0. The summed E-state index contributed by atoms with van der Waals surface area (Å²) in [6, 6.07) is 6.44. The monoisotopic (exact) mass is 364 g/mol. The molecule has 1 unspecified atom stereocenters. The molecule has 0 spiro atoms. The number of carbonyl (C=O) groups excluding carboxylic acids is 1. The van der Waals surface area contributed by atoms with E-state index in [9.17, 15) is 4.79 Å². The van der Waals surface area contributed by atoms with Crippen molar-refractivity contribution in [3.63, 3.8) is 0 Å². The van der Waals surface area contributed by atoms with Gasteiger partial charge >= 0.3 is 0 Å². The third-order valence-corrected chi connectivity index (χ3v) is 4.59. The van der Waals surface area contributed by atoms with E-state index in [0.717, 1.165) is 28.9 Å². The Kier molecular flexibility index (Phi) is 7.21. The number of nitrogens with one attached hydrogen (secondary N) is 2. The van der Waals surface area contributed by atoms with Crippen molar-refractivity contribution in [3.8, 4) is 0 Å². The molecule has 0 saturated carbocycles. The summed E-state index contributed by atoms with van der Waals surface area (Å²) < 4.78 is 1.07. The number of aryl methyl sites for hydroxylation is 1. The molecule has 106 valence electrons. The van der Waals surface area contributed by atoms with Crippen LogP contribution in [0.2, 0.25) is 0 Å². The fraction of sp³-hybridized carbons (Fsp3) is 0.462. The Morgan fingerprint density at radius 2 is 2.37 bits per heavy atom. The number of halogens is 2. The largest absolute Gasteiger partial charge is 0.351 e. The Labute approximate surface area is 132 Å². The molecule has 2 rings (SSSR count). The van der Waals surface area contributed by atoms with Crippen molar-refractivity contribution in [2.45, 2.75) is 24.3 Å². The topological polar surface area (TPSA) is 41.1 Å². The number of thioether (sulfide) groups is 1. The van der Waals surface area contributed by atoms with Gasteiger partial charge in [-0.2, -0.15) is 0 Å². The van der Waals surface area contributed by atoms with E-state index in [1.807, 2.05) is 6.07 Å². The zero-order chi connectivity index (χ0) is 13.0. The second-order valence-corrected chi connectivity index (χ2v) is 6.39. The third kappa shape index (κ3) is 5.34. The smallest absolute Gasteiger partial charge is 0.230 e. The second-order valence-electron chi connectivity index (χ2n) is 4.46. The molecule has 0 bridgehead atoms. The average Bonchev–Trinajstić information content (AvgIpc) is 2.80. The first-order valence-corrected chi connectivity index (χ1v) is 7.82. The van der Waals surface area contributed by atoms with E-state index in [1.165, 1.54) is 5.56 Å². The van der Waals surface area contributed by atoms with E-state index in [1.54, 1.807) is 11.8 Å². The predicted molar refractivity (Wildman–Crippen MR) is 86.3 cm³/mol. The van der Waals surface area contributed by atoms with Gasteiger partial charge in [0.15, 0.2) is 0 Å². The summed E-state index contributed by atoms with van der Waals surface area (Å²) in [4.78, 5) is 12.9. The van der Waals surface area contributed by atoms with Crippen LogP contribution in [0.3, 0.4) is 0 Å². The molecule has 19 heavy (non-hydrogen) atoms. The normalized spacial score (nSPS) is 17.9. The lowest BCUT2D eigenvalue weighted by atomic mass is 10.2. The van der Waals surface area contributed by atoms with Crippen LogP contribution in [0, 0.1) is 6.92 Å². The lowest BCUT2D eigenvalue weighted by Gasteiger charge is -2.11. The average molecular weight is 366 g/mol. The molecule has 0 aliphatic carbocycles. The molecule has 1 amide bonds. The Morgan fingerprint density at radius 3 is 3.00 bits per heavy atom. The van der Waals surface area contributed by atoms with Gasteiger partial charge in [-0.05, 0) is 43.7 Å². The molecule has 6 heteroatoms. The number of carbonyl (C=O) groups is 1. The van der Waals surface area contributed by atoms with Gasteiger partial charge < -0.3 is 10.6 Å². The molecule has 1 aromatic rings. The summed E-state index contributed by atoms with van der Waals surface area (Å²) in [5.74, 6) is 0.606. The maximum absolute atomic E-state index is 11.8. The zero-order valence-electron chi connectivity index (χ0n) is 10.7. The first kappa shape index (κ1) is 16.8. The quantitative estimate of drug-likeness (QED) is 0.806. The van der Waals surface area contributed by atoms with Crippen molar-refractivity contribution in [1.82, 2.24) is 10.6 Å². The molecular weight excluding hydrogens is 348 g/mol. The van der Waals surface area contributed by atoms with Crippen LogP contribution >= 0.6 is 40.1 Å². The Hall–Kier alpha value is -0.230. The highest BCUT2D eigenvalue weighted by molar-refractivity contribution is 9.10. The Balaban J connectivity index is 0.00000180. The minimum absolute atomic E-state index is 0. The lowest BCUT2D eigenvalue weighted by Crippen LogP contribution is -2.37. The number of benzene rings is 1. The summed E-state index contributed by atoms with van der Waals surface area (Å²) >= 11 is 5.03. The van der Waals surface area contributed by atoms with Crippen LogP contribution in [0.1, 0.15) is 12.0 Å². The van der Waals surface area contributed by atoms with Crippen LogP contribution in [0.5, 0.6) is 0 Å². The summed E-state index contributed by atoms with van der Waals surface area (Å²) in [6.07, 6.45) is 1.04. The number of hydrogen-bond donors (Lipinski definition) is 2. The third-order valence-electron chi connectivity index (χ3n) is 2.92. The van der Waals surface area contributed by atoms with Crippen LogP contribution in [0.15, 0.2) is 27.6 Å². The maximum Gasteiger partial charge on any atom is 0.230 e. The molecule has 1 aliphatic rings. The van der Waals surface area contributed by atoms with E-state index in [4.69, 9.17) is 0 Å². The highest BCUT2D eigenvalue weighted by Crippen LogP contribution is 2.25. The van der Waals surface area contributed by atoms with E-state index in [-0.39, 0.29) is 18.3 Å². The van der Waals surface area contributed by atoms with E-state index >= 15 is 0 Å². The SMILES string of the molecule is Cc1cc(Br)ccc1SCC(=O)NC1CCNC1.Cl. The molecule has 1 atom stereocenters. The van der Waals surface area contributed by atoms with Gasteiger partial charge in [0.1, 0.15) is 0 Å². The number of rotatable bonds is 4. The second kappa shape index (κ2) is 8.15. The van der Waals surface area contributed by atoms with Crippen molar-refractivity contribution in [2.24, 2.45) is 0 Å². The first-order chi connectivity index (χ1) is 8.65. The van der Waals surface area contributed by atoms with Crippen LogP contribution in [0.4, 0.5) is 0 Å². The van der Waals surface area contributed by atoms with Crippen molar-refractivity contribution in [3.05, 3.63) is 28.2 Å². The van der Waals surface area contributed by atoms with Crippen LogP contribution < -0.4 is 10.6 Å². The van der Waals surface area contributed by atoms with Crippen molar-refractivity contribution in [1.29, 1.82) is 0 Å². The number of amides is 1. The van der Waals surface area contributed by atoms with Crippen molar-refractivity contribution < 1.29 is 4.79 Å². The highest BCUT2D eigenvalue weighted by atomic mass is 79.9. The summed E-state index contributed by atoms with van der Waals surface area (Å²) in [5, 5.41) is 6.29. The minimum atomic E-state index is 0. The lowest BCUT2D eigenvalue weighted by molar-refractivity contribution is -0.119. The van der Waals surface area contributed by atoms with Gasteiger partial charge in [-0.25, -0.2) is 0 Å². The Bertz CT molecular complexity index is 439. The number of hydrogen-bond acceptors (Lipinski definition) is 3. The molecule has 3 nitrogen and oxygen atoms in total. The molecule has 1 fully saturated rings. The van der Waals surface area contributed by atoms with Gasteiger partial charge in [-0.15, -0.1) is 24.2 Å². The van der Waals surface area contributed by atoms with E-state index < -0.39 is 0 Å². The van der Waals surface area contributed by atoms with Crippen LogP contribution in [0.25, 0.3) is 0 Å². The summed E-state index contributed by atoms with van der Waals surface area (Å²) in [7, 11) is 0. The fourth-order valence-corrected chi connectivity index (χ4v) is 3.26. The maximum atomic E-state index is 11.8. The molecule has 0 aromatic heterocycles. The minimum Gasteiger partial charge on any atom is -0.351 e. The predicted octanol–water partition coefficient (Wildman–Crippen LogP) is 2.75. The first-order valence-electron chi connectivity index (χ1n) is 6.04. The molecule has 2 N–H and O–H groups in total. The van der Waals surface area contributed by atoms with Gasteiger partial charge in [-0.3, -0.25) is 4.79 Å². The van der Waals surface area contributed by atoms with Gasteiger partial charge in [0, 0.05) is 22.0 Å². The van der Waals surface area contributed by atoms with Crippen molar-refractivity contribution in [2.75, 3.05) is 18.8 Å². The molecule has 1 aliphatic heterocycles. The van der Waals surface area contributed by atoms with Gasteiger partial charge in [0.05, 0.1) is 5.75 Å². The van der Waals surface area contributed by atoms with Gasteiger partial charge in [-0.1, -0.05) is 15.9 Å². The Morgan fingerprint density at radius 1 is 1.58 bits per heavy atom. The van der Waals surface area contributed by atoms with Gasteiger partial charge in [0.25, 0.3) is 0 Å². The van der Waals surface area contributed by atoms with E-state index in [0.29, 0.717) is 11.8 Å². The van der Waals surface area contributed by atoms with Gasteiger partial charge in [0.2, 0.25) is 5.91 Å². The molecular formula is C13H18BrClN2OS. The molecule has 1 aromatic carbocycles. The van der Waals surface area contributed by atoms with Crippen LogP contribution in [-0.4, -0.2) is 30.8 Å². The fourth-order valence-electron chi connectivity index (χ4n) is 1.97. The molecule has 0 radical (unpaired) electrons. The van der Waals surface area contributed by atoms with E-state index in [2.05, 4.69) is 45.6 Å². The molecule has 1 saturated heterocycles. The van der Waals surface area contributed by atoms with Crippen LogP contribution in [-0.2, 0) is 4.79 Å². The standard InChI is InChI=1S/C13H17BrN2OS.ClH/c1-9-6-10(14)2-3-12(9)18-8-13(17)16-11-4-5-15-7-11;/h2-3,6,11,15H,4-5,7-8H2,1H3,(H,16,17);1H. The summed E-state index contributed by atoms with van der Waals surface area (Å²) in [6.45, 7) is 3.96.